The molecule has 0 radical (unpaired) electrons. The molecule has 8 nitrogen and oxygen atoms in total. The van der Waals surface area contributed by atoms with Gasteiger partial charge >= 0.3 is 17.9 Å². The summed E-state index contributed by atoms with van der Waals surface area (Å²) in [7, 11) is 1.36. The number of aryl methyl sites for hydroxylation is 1. The Balaban J connectivity index is 1.93. The quantitative estimate of drug-likeness (QED) is 0.384. The number of hydrogen-bond acceptors (Lipinski definition) is 5. The average Bonchev–Trinajstić information content (AvgIpc) is 3.14. The van der Waals surface area contributed by atoms with E-state index in [1.807, 2.05) is 0 Å². The molecule has 0 aliphatic carbocycles. The van der Waals surface area contributed by atoms with Gasteiger partial charge in [0.1, 0.15) is 12.0 Å². The lowest BCUT2D eigenvalue weighted by Crippen LogP contribution is -2.40. The number of nitrogens with zero attached hydrogens (tertiary/aromatic N) is 4. The van der Waals surface area contributed by atoms with Gasteiger partial charge in [-0.1, -0.05) is 29.8 Å². The van der Waals surface area contributed by atoms with Crippen molar-refractivity contribution in [2.75, 3.05) is 0 Å². The van der Waals surface area contributed by atoms with E-state index in [-0.39, 0.29) is 29.5 Å². The number of halogens is 4. The monoisotopic (exact) mass is 492 g/mol. The zero-order valence-corrected chi connectivity index (χ0v) is 18.3. The van der Waals surface area contributed by atoms with E-state index in [9.17, 15) is 27.6 Å². The second kappa shape index (κ2) is 8.82. The van der Waals surface area contributed by atoms with E-state index in [4.69, 9.17) is 16.3 Å². The fourth-order valence-corrected chi connectivity index (χ4v) is 3.55. The number of alkyl halides is 3. The Morgan fingerprint density at radius 2 is 1.79 bits per heavy atom. The van der Waals surface area contributed by atoms with Gasteiger partial charge in [-0.3, -0.25) is 18.5 Å². The van der Waals surface area contributed by atoms with Crippen molar-refractivity contribution in [1.82, 2.24) is 18.7 Å². The highest BCUT2D eigenvalue weighted by Gasteiger charge is 2.31. The molecular formula is C22H16ClF3N4O4. The Kier molecular flexibility index (Phi) is 6.05. The predicted octanol–water partition coefficient (Wildman–Crippen LogP) is 3.61. The SMILES string of the molecule is Cn1c(=O)n(CC=O)c(=O)c2c1nc(Oc1cccc(C(F)(F)F)c1)n2Cc1ccc(Cl)cc1. The average molecular weight is 493 g/mol. The van der Waals surface area contributed by atoms with Gasteiger partial charge in [0.05, 0.1) is 18.7 Å². The molecule has 2 heterocycles. The van der Waals surface area contributed by atoms with Crippen LogP contribution >= 0.6 is 11.6 Å². The molecule has 2 aromatic heterocycles. The van der Waals surface area contributed by atoms with Crippen LogP contribution in [0.25, 0.3) is 11.2 Å². The van der Waals surface area contributed by atoms with E-state index < -0.39 is 29.5 Å². The minimum atomic E-state index is -4.59. The first kappa shape index (κ1) is 23.3. The Morgan fingerprint density at radius 1 is 1.09 bits per heavy atom. The number of imidazole rings is 1. The molecule has 2 aromatic carbocycles. The lowest BCUT2D eigenvalue weighted by atomic mass is 10.2. The molecule has 0 spiro atoms. The number of rotatable bonds is 6. The summed E-state index contributed by atoms with van der Waals surface area (Å²) >= 11 is 5.94. The molecule has 4 rings (SSSR count). The highest BCUT2D eigenvalue weighted by molar-refractivity contribution is 6.30. The second-order valence-corrected chi connectivity index (χ2v) is 7.77. The maximum absolute atomic E-state index is 13.1. The normalized spacial score (nSPS) is 11.7. The molecule has 0 bridgehead atoms. The Labute approximate surface area is 194 Å². The maximum Gasteiger partial charge on any atom is 0.416 e. The van der Waals surface area contributed by atoms with Crippen molar-refractivity contribution < 1.29 is 22.7 Å². The standard InChI is InChI=1S/C22H16ClF3N4O4/c1-28-18-17(19(32)29(9-10-31)21(28)33)30(12-13-5-7-15(23)8-6-13)20(27-18)34-16-4-2-3-14(11-16)22(24,25)26/h2-8,10-11H,9,12H2,1H3. The van der Waals surface area contributed by atoms with Gasteiger partial charge < -0.3 is 9.53 Å². The number of carbonyl (C=O) groups excluding carboxylic acids is 1. The van der Waals surface area contributed by atoms with E-state index in [0.717, 1.165) is 21.3 Å². The van der Waals surface area contributed by atoms with E-state index in [1.165, 1.54) is 23.7 Å². The van der Waals surface area contributed by atoms with Gasteiger partial charge in [-0.15, -0.1) is 0 Å². The summed E-state index contributed by atoms with van der Waals surface area (Å²) in [5.74, 6) is -0.166. The first-order valence-corrected chi connectivity index (χ1v) is 10.2. The molecule has 0 amide bonds. The Bertz CT molecular complexity index is 1500. The summed E-state index contributed by atoms with van der Waals surface area (Å²) in [4.78, 5) is 40.9. The first-order chi connectivity index (χ1) is 16.1. The minimum Gasteiger partial charge on any atom is -0.425 e. The second-order valence-electron chi connectivity index (χ2n) is 7.33. The highest BCUT2D eigenvalue weighted by Crippen LogP contribution is 2.33. The zero-order chi connectivity index (χ0) is 24.6. The molecule has 0 aliphatic heterocycles. The number of aromatic nitrogens is 4. The van der Waals surface area contributed by atoms with Crippen LogP contribution in [0.1, 0.15) is 11.1 Å². The molecule has 176 valence electrons. The van der Waals surface area contributed by atoms with E-state index in [1.54, 1.807) is 24.3 Å². The van der Waals surface area contributed by atoms with Gasteiger partial charge in [0.15, 0.2) is 11.2 Å². The van der Waals surface area contributed by atoms with Crippen LogP contribution in [0.15, 0.2) is 58.1 Å². The fourth-order valence-electron chi connectivity index (χ4n) is 3.43. The number of carbonyl (C=O) groups is 1. The molecule has 0 saturated carbocycles. The van der Waals surface area contributed by atoms with Crippen molar-refractivity contribution in [3.8, 4) is 11.8 Å². The van der Waals surface area contributed by atoms with Crippen LogP contribution in [0.4, 0.5) is 13.2 Å². The first-order valence-electron chi connectivity index (χ1n) is 9.83. The van der Waals surface area contributed by atoms with E-state index in [2.05, 4.69) is 4.98 Å². The van der Waals surface area contributed by atoms with Crippen LogP contribution in [0, 0.1) is 0 Å². The van der Waals surface area contributed by atoms with Crippen LogP contribution in [-0.4, -0.2) is 25.0 Å². The predicted molar refractivity (Wildman–Crippen MR) is 117 cm³/mol. The molecule has 12 heteroatoms. The molecule has 0 saturated heterocycles. The number of hydrogen-bond donors (Lipinski definition) is 0. The summed E-state index contributed by atoms with van der Waals surface area (Å²) in [5, 5.41) is 0.482. The van der Waals surface area contributed by atoms with Crippen molar-refractivity contribution in [3.63, 3.8) is 0 Å². The van der Waals surface area contributed by atoms with Crippen molar-refractivity contribution in [2.24, 2.45) is 7.05 Å². The third-order valence-electron chi connectivity index (χ3n) is 5.08. The summed E-state index contributed by atoms with van der Waals surface area (Å²) in [6.45, 7) is -0.451. The fraction of sp³-hybridized carbons (Fsp3) is 0.182. The van der Waals surface area contributed by atoms with Crippen LogP contribution in [-0.2, 0) is 31.1 Å². The smallest absolute Gasteiger partial charge is 0.416 e. The molecule has 34 heavy (non-hydrogen) atoms. The maximum atomic E-state index is 13.1. The van der Waals surface area contributed by atoms with Gasteiger partial charge in [0.25, 0.3) is 5.56 Å². The number of ether oxygens (including phenoxy) is 1. The van der Waals surface area contributed by atoms with Crippen LogP contribution in [0.3, 0.4) is 0 Å². The topological polar surface area (TPSA) is 88.1 Å². The minimum absolute atomic E-state index is 0.0243. The number of fused-ring (bicyclic) bond motifs is 1. The number of aldehydes is 1. The summed E-state index contributed by atoms with van der Waals surface area (Å²) in [5.41, 5.74) is -1.91. The van der Waals surface area contributed by atoms with Crippen LogP contribution < -0.4 is 16.0 Å². The van der Waals surface area contributed by atoms with Gasteiger partial charge in [-0.05, 0) is 35.9 Å². The molecule has 0 aliphatic rings. The van der Waals surface area contributed by atoms with E-state index in [0.29, 0.717) is 16.9 Å². The number of benzene rings is 2. The third-order valence-corrected chi connectivity index (χ3v) is 5.33. The van der Waals surface area contributed by atoms with Gasteiger partial charge in [0.2, 0.25) is 0 Å². The van der Waals surface area contributed by atoms with Crippen molar-refractivity contribution >= 4 is 29.1 Å². The summed E-state index contributed by atoms with van der Waals surface area (Å²) in [6, 6.07) is 10.6. The van der Waals surface area contributed by atoms with Crippen LogP contribution in [0.5, 0.6) is 11.8 Å². The van der Waals surface area contributed by atoms with E-state index >= 15 is 0 Å². The van der Waals surface area contributed by atoms with Crippen molar-refractivity contribution in [3.05, 3.63) is 85.5 Å². The molecule has 0 unspecified atom stereocenters. The third kappa shape index (κ3) is 4.34. The Morgan fingerprint density at radius 3 is 2.44 bits per heavy atom. The lowest BCUT2D eigenvalue weighted by molar-refractivity contribution is -0.137. The largest absolute Gasteiger partial charge is 0.425 e. The van der Waals surface area contributed by atoms with Gasteiger partial charge in [-0.2, -0.15) is 18.2 Å². The summed E-state index contributed by atoms with van der Waals surface area (Å²) in [6.07, 6.45) is -4.18. The van der Waals surface area contributed by atoms with Gasteiger partial charge in [0, 0.05) is 12.1 Å². The molecule has 0 N–H and O–H groups in total. The lowest BCUT2D eigenvalue weighted by Gasteiger charge is -2.12. The Hall–Kier alpha value is -3.86. The highest BCUT2D eigenvalue weighted by atomic mass is 35.5. The van der Waals surface area contributed by atoms with Gasteiger partial charge in [-0.25, -0.2) is 4.79 Å². The van der Waals surface area contributed by atoms with Crippen molar-refractivity contribution in [1.29, 1.82) is 0 Å². The molecule has 0 fully saturated rings. The molecule has 4 aromatic rings. The molecule has 0 atom stereocenters. The molecular weight excluding hydrogens is 477 g/mol. The zero-order valence-electron chi connectivity index (χ0n) is 17.5. The van der Waals surface area contributed by atoms with Crippen molar-refractivity contribution in [2.45, 2.75) is 19.3 Å². The van der Waals surface area contributed by atoms with Crippen LogP contribution in [0.2, 0.25) is 5.02 Å². The summed E-state index contributed by atoms with van der Waals surface area (Å²) < 4.78 is 48.2.